The molecule has 0 fully saturated rings. The van der Waals surface area contributed by atoms with Gasteiger partial charge in [-0.1, -0.05) is 23.7 Å². The molecule has 0 radical (unpaired) electrons. The fourth-order valence-corrected chi connectivity index (χ4v) is 3.22. The molecule has 0 saturated heterocycles. The maximum Gasteiger partial charge on any atom is 0.417 e. The Balaban J connectivity index is 1.83. The van der Waals surface area contributed by atoms with Crippen LogP contribution in [0.3, 0.4) is 0 Å². The first-order chi connectivity index (χ1) is 15.7. The molecular formula is C23H19ClF3N5O. The predicted molar refractivity (Wildman–Crippen MR) is 125 cm³/mol. The van der Waals surface area contributed by atoms with Crippen LogP contribution in [0.2, 0.25) is 5.02 Å². The molecule has 33 heavy (non-hydrogen) atoms. The average molecular weight is 474 g/mol. The summed E-state index contributed by atoms with van der Waals surface area (Å²) in [7, 11) is 1.61. The van der Waals surface area contributed by atoms with E-state index in [2.05, 4.69) is 20.6 Å². The van der Waals surface area contributed by atoms with E-state index in [0.29, 0.717) is 22.5 Å². The van der Waals surface area contributed by atoms with Crippen molar-refractivity contribution in [3.63, 3.8) is 0 Å². The molecule has 2 aromatic carbocycles. The summed E-state index contributed by atoms with van der Waals surface area (Å²) in [4.78, 5) is 20.4. The maximum atomic E-state index is 13.0. The molecule has 0 spiro atoms. The molecule has 1 aromatic heterocycles. The minimum Gasteiger partial charge on any atom is -0.398 e. The zero-order chi connectivity index (χ0) is 24.0. The van der Waals surface area contributed by atoms with Gasteiger partial charge >= 0.3 is 12.2 Å². The van der Waals surface area contributed by atoms with E-state index in [0.717, 1.165) is 17.7 Å². The van der Waals surface area contributed by atoms with Gasteiger partial charge in [0.05, 0.1) is 10.6 Å². The molecule has 6 nitrogen and oxygen atoms in total. The number of aromatic nitrogens is 1. The van der Waals surface area contributed by atoms with Gasteiger partial charge in [0.25, 0.3) is 0 Å². The summed E-state index contributed by atoms with van der Waals surface area (Å²) in [6, 6.07) is 12.7. The maximum absolute atomic E-state index is 13.0. The van der Waals surface area contributed by atoms with Gasteiger partial charge in [-0.3, -0.25) is 9.98 Å². The number of pyridine rings is 1. The fraction of sp³-hybridized carbons (Fsp3) is 0.0870. The number of anilines is 2. The Bertz CT molecular complexity index is 1210. The molecule has 4 N–H and O–H groups in total. The Morgan fingerprint density at radius 3 is 2.33 bits per heavy atom. The smallest absolute Gasteiger partial charge is 0.398 e. The number of carbonyl (C=O) groups is 1. The summed E-state index contributed by atoms with van der Waals surface area (Å²) >= 11 is 5.61. The van der Waals surface area contributed by atoms with Gasteiger partial charge < -0.3 is 16.4 Å². The number of hydrogen-bond donors (Lipinski definition) is 3. The Hall–Kier alpha value is -3.85. The van der Waals surface area contributed by atoms with Crippen LogP contribution in [0.1, 0.15) is 16.7 Å². The molecule has 0 aliphatic carbocycles. The highest BCUT2D eigenvalue weighted by Gasteiger charge is 2.33. The van der Waals surface area contributed by atoms with Crippen molar-refractivity contribution in [3.8, 4) is 0 Å². The molecule has 0 aliphatic heterocycles. The number of halogens is 4. The number of benzene rings is 2. The van der Waals surface area contributed by atoms with Gasteiger partial charge in [-0.05, 0) is 48.0 Å². The van der Waals surface area contributed by atoms with Gasteiger partial charge in [-0.2, -0.15) is 13.2 Å². The molecule has 0 atom stereocenters. The van der Waals surface area contributed by atoms with Crippen molar-refractivity contribution in [1.82, 2.24) is 4.98 Å². The van der Waals surface area contributed by atoms with Crippen LogP contribution in [0.5, 0.6) is 0 Å². The Morgan fingerprint density at radius 2 is 1.70 bits per heavy atom. The highest BCUT2D eigenvalue weighted by Crippen LogP contribution is 2.36. The molecule has 0 unspecified atom stereocenters. The van der Waals surface area contributed by atoms with Gasteiger partial charge in [-0.15, -0.1) is 0 Å². The van der Waals surface area contributed by atoms with E-state index in [-0.39, 0.29) is 5.69 Å². The van der Waals surface area contributed by atoms with Crippen LogP contribution in [0.25, 0.3) is 11.3 Å². The number of urea groups is 1. The van der Waals surface area contributed by atoms with Gasteiger partial charge in [0.2, 0.25) is 0 Å². The quantitative estimate of drug-likeness (QED) is 0.401. The van der Waals surface area contributed by atoms with E-state index >= 15 is 0 Å². The van der Waals surface area contributed by atoms with Crippen LogP contribution in [0, 0.1) is 0 Å². The third-order valence-electron chi connectivity index (χ3n) is 4.50. The lowest BCUT2D eigenvalue weighted by molar-refractivity contribution is -0.137. The highest BCUT2D eigenvalue weighted by atomic mass is 35.5. The minimum atomic E-state index is -4.64. The van der Waals surface area contributed by atoms with Crippen LogP contribution in [0.4, 0.5) is 29.3 Å². The molecule has 0 bridgehead atoms. The fourth-order valence-electron chi connectivity index (χ4n) is 2.99. The number of nitrogens with zero attached hydrogens (tertiary/aromatic N) is 2. The Labute approximate surface area is 193 Å². The number of carbonyl (C=O) groups excluding carboxylic acids is 1. The average Bonchev–Trinajstić information content (AvgIpc) is 2.78. The number of hydrogen-bond acceptors (Lipinski definition) is 4. The third-order valence-corrected chi connectivity index (χ3v) is 4.83. The van der Waals surface area contributed by atoms with Crippen LogP contribution in [-0.2, 0) is 6.18 Å². The molecule has 3 rings (SSSR count). The van der Waals surface area contributed by atoms with Gasteiger partial charge in [-0.25, -0.2) is 4.79 Å². The molecule has 3 aromatic rings. The van der Waals surface area contributed by atoms with Crippen molar-refractivity contribution in [1.29, 1.82) is 0 Å². The minimum absolute atomic E-state index is 0.0546. The summed E-state index contributed by atoms with van der Waals surface area (Å²) in [5.41, 5.74) is 8.16. The molecule has 0 saturated carbocycles. The van der Waals surface area contributed by atoms with E-state index in [1.165, 1.54) is 6.07 Å². The van der Waals surface area contributed by atoms with Crippen molar-refractivity contribution >= 4 is 46.5 Å². The highest BCUT2D eigenvalue weighted by molar-refractivity contribution is 6.31. The number of rotatable bonds is 5. The number of allylic oxidation sites excluding steroid dienone is 1. The Kier molecular flexibility index (Phi) is 7.34. The lowest BCUT2D eigenvalue weighted by Gasteiger charge is -2.13. The third kappa shape index (κ3) is 6.11. The molecular weight excluding hydrogens is 455 g/mol. The Morgan fingerprint density at radius 1 is 1.03 bits per heavy atom. The standard InChI is InChI=1S/C23H19ClF3N5O/c1-29-13-18(21(28)14-7-9-30-10-8-14)15-3-2-4-16(11-15)31-22(33)32-17-5-6-20(24)19(12-17)23(25,26)27/h2-13H,28H2,1H3,(H2,31,32,33). The van der Waals surface area contributed by atoms with Crippen LogP contribution >= 0.6 is 11.6 Å². The molecule has 1 heterocycles. The molecule has 0 aliphatic rings. The summed E-state index contributed by atoms with van der Waals surface area (Å²) < 4.78 is 39.1. The van der Waals surface area contributed by atoms with E-state index in [1.807, 2.05) is 0 Å². The molecule has 10 heteroatoms. The van der Waals surface area contributed by atoms with Crippen molar-refractivity contribution in [3.05, 3.63) is 88.7 Å². The van der Waals surface area contributed by atoms with E-state index < -0.39 is 22.8 Å². The second-order valence-electron chi connectivity index (χ2n) is 6.80. The SMILES string of the molecule is CN=CC(=C(N)c1ccncc1)c1cccc(NC(=O)Nc2ccc(Cl)c(C(F)(F)F)c2)c1. The van der Waals surface area contributed by atoms with Crippen LogP contribution < -0.4 is 16.4 Å². The van der Waals surface area contributed by atoms with Crippen LogP contribution in [0.15, 0.2) is 72.0 Å². The number of amides is 2. The lowest BCUT2D eigenvalue weighted by atomic mass is 10.0. The van der Waals surface area contributed by atoms with Crippen molar-refractivity contribution in [2.75, 3.05) is 17.7 Å². The first-order valence-corrected chi connectivity index (χ1v) is 9.94. The lowest BCUT2D eigenvalue weighted by Crippen LogP contribution is -2.20. The van der Waals surface area contributed by atoms with Crippen molar-refractivity contribution < 1.29 is 18.0 Å². The van der Waals surface area contributed by atoms with E-state index in [1.54, 1.807) is 62.1 Å². The molecule has 2 amide bonds. The van der Waals surface area contributed by atoms with Crippen LogP contribution in [-0.4, -0.2) is 24.3 Å². The number of alkyl halides is 3. The number of nitrogens with two attached hydrogens (primary N) is 1. The van der Waals surface area contributed by atoms with E-state index in [9.17, 15) is 18.0 Å². The van der Waals surface area contributed by atoms with E-state index in [4.69, 9.17) is 17.3 Å². The molecule has 170 valence electrons. The zero-order valence-corrected chi connectivity index (χ0v) is 18.1. The first kappa shape index (κ1) is 23.8. The largest absolute Gasteiger partial charge is 0.417 e. The topological polar surface area (TPSA) is 92.4 Å². The van der Waals surface area contributed by atoms with Crippen molar-refractivity contribution in [2.24, 2.45) is 10.7 Å². The second kappa shape index (κ2) is 10.2. The number of aliphatic imine (C=N–C) groups is 1. The summed E-state index contributed by atoms with van der Waals surface area (Å²) in [5, 5.41) is 4.52. The van der Waals surface area contributed by atoms with Gasteiger partial charge in [0, 0.05) is 53.9 Å². The normalized spacial score (nSPS) is 12.4. The summed E-state index contributed by atoms with van der Waals surface area (Å²) in [6.07, 6.45) is 0.192. The summed E-state index contributed by atoms with van der Waals surface area (Å²) in [6.45, 7) is 0. The second-order valence-corrected chi connectivity index (χ2v) is 7.21. The number of nitrogens with one attached hydrogen (secondary N) is 2. The summed E-state index contributed by atoms with van der Waals surface area (Å²) in [5.74, 6) is 0. The predicted octanol–water partition coefficient (Wildman–Crippen LogP) is 5.93. The first-order valence-electron chi connectivity index (χ1n) is 9.56. The zero-order valence-electron chi connectivity index (χ0n) is 17.3. The monoisotopic (exact) mass is 473 g/mol. The van der Waals surface area contributed by atoms with Crippen molar-refractivity contribution in [2.45, 2.75) is 6.18 Å². The van der Waals surface area contributed by atoms with Gasteiger partial charge in [0.15, 0.2) is 0 Å². The van der Waals surface area contributed by atoms with Gasteiger partial charge in [0.1, 0.15) is 0 Å².